The molecular formula is C14H21NO2. The molecule has 0 unspecified atom stereocenters. The summed E-state index contributed by atoms with van der Waals surface area (Å²) < 4.78 is 5.44. The van der Waals surface area contributed by atoms with Crippen molar-refractivity contribution in [1.29, 1.82) is 0 Å². The van der Waals surface area contributed by atoms with Crippen LogP contribution in [0.1, 0.15) is 44.0 Å². The summed E-state index contributed by atoms with van der Waals surface area (Å²) in [7, 11) is 0. The van der Waals surface area contributed by atoms with E-state index in [0.717, 1.165) is 0 Å². The molecule has 0 fully saturated rings. The van der Waals surface area contributed by atoms with Crippen molar-refractivity contribution in [2.45, 2.75) is 39.2 Å². The quantitative estimate of drug-likeness (QED) is 0.771. The van der Waals surface area contributed by atoms with Crippen molar-refractivity contribution in [3.63, 3.8) is 0 Å². The Kier molecular flexibility index (Phi) is 4.70. The van der Waals surface area contributed by atoms with Crippen molar-refractivity contribution in [1.82, 2.24) is 0 Å². The lowest BCUT2D eigenvalue weighted by atomic mass is 9.96. The van der Waals surface area contributed by atoms with Gasteiger partial charge in [0.15, 0.2) is 5.78 Å². The summed E-state index contributed by atoms with van der Waals surface area (Å²) in [6, 6.07) is 7.35. The van der Waals surface area contributed by atoms with Crippen molar-refractivity contribution >= 4 is 5.78 Å². The number of ketones is 1. The summed E-state index contributed by atoms with van der Waals surface area (Å²) in [5.74, 6) is 0.752. The number of ether oxygens (including phenoxy) is 1. The third kappa shape index (κ3) is 4.57. The lowest BCUT2D eigenvalue weighted by molar-refractivity contribution is 0.0969. The van der Waals surface area contributed by atoms with Gasteiger partial charge in [-0.3, -0.25) is 4.79 Å². The van der Waals surface area contributed by atoms with Gasteiger partial charge >= 0.3 is 0 Å². The van der Waals surface area contributed by atoms with Crippen molar-refractivity contribution in [2.75, 3.05) is 6.61 Å². The van der Waals surface area contributed by atoms with Gasteiger partial charge in [0.1, 0.15) is 5.75 Å². The first-order valence-electron chi connectivity index (χ1n) is 5.98. The van der Waals surface area contributed by atoms with Crippen LogP contribution in [-0.2, 0) is 0 Å². The van der Waals surface area contributed by atoms with Crippen LogP contribution in [-0.4, -0.2) is 17.9 Å². The number of hydrogen-bond acceptors (Lipinski definition) is 3. The fraction of sp³-hybridized carbons (Fsp3) is 0.500. The Bertz CT molecular complexity index is 380. The summed E-state index contributed by atoms with van der Waals surface area (Å²) in [5.41, 5.74) is 6.22. The second kappa shape index (κ2) is 5.82. The zero-order chi connectivity index (χ0) is 12.9. The molecule has 0 atom stereocenters. The normalized spacial score (nSPS) is 11.3. The molecule has 0 aliphatic rings. The number of para-hydroxylation sites is 1. The highest BCUT2D eigenvalue weighted by Crippen LogP contribution is 2.21. The Balaban J connectivity index is 2.74. The molecule has 1 aromatic carbocycles. The minimum Gasteiger partial charge on any atom is -0.493 e. The van der Waals surface area contributed by atoms with Gasteiger partial charge in [-0.1, -0.05) is 12.1 Å². The van der Waals surface area contributed by atoms with Crippen LogP contribution in [0.25, 0.3) is 0 Å². The molecule has 0 amide bonds. The first kappa shape index (κ1) is 13.7. The van der Waals surface area contributed by atoms with E-state index >= 15 is 0 Å². The lowest BCUT2D eigenvalue weighted by Gasteiger charge is -2.17. The van der Waals surface area contributed by atoms with Gasteiger partial charge in [0, 0.05) is 12.0 Å². The third-order valence-corrected chi connectivity index (χ3v) is 2.48. The molecule has 0 radical (unpaired) electrons. The Morgan fingerprint density at radius 3 is 2.59 bits per heavy atom. The van der Waals surface area contributed by atoms with Crippen molar-refractivity contribution in [3.05, 3.63) is 29.8 Å². The fourth-order valence-electron chi connectivity index (χ4n) is 1.55. The summed E-state index contributed by atoms with van der Waals surface area (Å²) in [5, 5.41) is 0. The van der Waals surface area contributed by atoms with Crippen LogP contribution in [0.3, 0.4) is 0 Å². The maximum Gasteiger partial charge on any atom is 0.166 e. The van der Waals surface area contributed by atoms with E-state index in [1.807, 2.05) is 39.0 Å². The average Bonchev–Trinajstić information content (AvgIpc) is 2.26. The van der Waals surface area contributed by atoms with Gasteiger partial charge in [-0.05, 0) is 39.3 Å². The summed E-state index contributed by atoms with van der Waals surface area (Å²) in [6.07, 6.45) is 1.12. The van der Waals surface area contributed by atoms with E-state index < -0.39 is 0 Å². The van der Waals surface area contributed by atoms with E-state index in [-0.39, 0.29) is 11.3 Å². The predicted octanol–water partition coefficient (Wildman–Crippen LogP) is 2.79. The van der Waals surface area contributed by atoms with Gasteiger partial charge in [0.2, 0.25) is 0 Å². The topological polar surface area (TPSA) is 52.3 Å². The molecule has 0 saturated carbocycles. The van der Waals surface area contributed by atoms with Crippen LogP contribution < -0.4 is 10.5 Å². The van der Waals surface area contributed by atoms with E-state index in [2.05, 4.69) is 0 Å². The van der Waals surface area contributed by atoms with Gasteiger partial charge < -0.3 is 10.5 Å². The first-order valence-corrected chi connectivity index (χ1v) is 5.98. The molecule has 0 aliphatic carbocycles. The van der Waals surface area contributed by atoms with Crippen LogP contribution in [0.2, 0.25) is 0 Å². The first-order chi connectivity index (χ1) is 7.94. The molecule has 17 heavy (non-hydrogen) atoms. The molecule has 0 spiro atoms. The molecule has 3 heteroatoms. The van der Waals surface area contributed by atoms with E-state index in [1.165, 1.54) is 0 Å². The van der Waals surface area contributed by atoms with Crippen molar-refractivity contribution < 1.29 is 9.53 Å². The standard InChI is InChI=1S/C14H21NO2/c1-4-17-13-8-6-5-7-11(13)12(16)9-10-14(2,3)15/h5-8H,4,9-10,15H2,1-3H3. The Morgan fingerprint density at radius 1 is 1.35 bits per heavy atom. The highest BCUT2D eigenvalue weighted by Gasteiger charge is 2.16. The second-order valence-corrected chi connectivity index (χ2v) is 4.84. The molecule has 3 nitrogen and oxygen atoms in total. The summed E-state index contributed by atoms with van der Waals surface area (Å²) in [4.78, 5) is 12.1. The Morgan fingerprint density at radius 2 is 2.00 bits per heavy atom. The van der Waals surface area contributed by atoms with E-state index in [1.54, 1.807) is 6.07 Å². The smallest absolute Gasteiger partial charge is 0.166 e. The largest absolute Gasteiger partial charge is 0.493 e. The second-order valence-electron chi connectivity index (χ2n) is 4.84. The molecule has 1 rings (SSSR count). The SMILES string of the molecule is CCOc1ccccc1C(=O)CCC(C)(C)N. The molecule has 0 heterocycles. The van der Waals surface area contributed by atoms with Gasteiger partial charge in [-0.2, -0.15) is 0 Å². The van der Waals surface area contributed by atoms with Gasteiger partial charge in [-0.15, -0.1) is 0 Å². The number of nitrogens with two attached hydrogens (primary N) is 1. The van der Waals surface area contributed by atoms with Crippen molar-refractivity contribution in [3.8, 4) is 5.75 Å². The van der Waals surface area contributed by atoms with Crippen LogP contribution in [0, 0.1) is 0 Å². The molecule has 0 aromatic heterocycles. The van der Waals surface area contributed by atoms with Crippen molar-refractivity contribution in [2.24, 2.45) is 5.73 Å². The zero-order valence-corrected chi connectivity index (χ0v) is 10.8. The highest BCUT2D eigenvalue weighted by atomic mass is 16.5. The summed E-state index contributed by atoms with van der Waals surface area (Å²) in [6.45, 7) is 6.32. The van der Waals surface area contributed by atoms with E-state index in [0.29, 0.717) is 30.8 Å². The third-order valence-electron chi connectivity index (χ3n) is 2.48. The lowest BCUT2D eigenvalue weighted by Crippen LogP contribution is -2.32. The molecule has 1 aromatic rings. The maximum absolute atomic E-state index is 12.1. The number of Topliss-reactive ketones (excluding diaryl/α,β-unsaturated/α-hetero) is 1. The van der Waals surface area contributed by atoms with Gasteiger partial charge in [-0.25, -0.2) is 0 Å². The fourth-order valence-corrected chi connectivity index (χ4v) is 1.55. The van der Waals surface area contributed by atoms with Crippen LogP contribution in [0.5, 0.6) is 5.75 Å². The number of hydrogen-bond donors (Lipinski definition) is 1. The number of rotatable bonds is 6. The van der Waals surface area contributed by atoms with Crippen LogP contribution in [0.4, 0.5) is 0 Å². The molecule has 0 saturated heterocycles. The van der Waals surface area contributed by atoms with Gasteiger partial charge in [0.05, 0.1) is 12.2 Å². The average molecular weight is 235 g/mol. The van der Waals surface area contributed by atoms with E-state index in [4.69, 9.17) is 10.5 Å². The monoisotopic (exact) mass is 235 g/mol. The molecule has 0 aliphatic heterocycles. The Hall–Kier alpha value is -1.35. The number of carbonyl (C=O) groups is 1. The van der Waals surface area contributed by atoms with Crippen LogP contribution >= 0.6 is 0 Å². The molecule has 94 valence electrons. The molecular weight excluding hydrogens is 214 g/mol. The highest BCUT2D eigenvalue weighted by molar-refractivity contribution is 5.98. The minimum absolute atomic E-state index is 0.0903. The zero-order valence-electron chi connectivity index (χ0n) is 10.8. The number of benzene rings is 1. The minimum atomic E-state index is -0.309. The van der Waals surface area contributed by atoms with Gasteiger partial charge in [0.25, 0.3) is 0 Å². The Labute approximate surface area is 103 Å². The molecule has 0 bridgehead atoms. The van der Waals surface area contributed by atoms with Crippen LogP contribution in [0.15, 0.2) is 24.3 Å². The maximum atomic E-state index is 12.1. The van der Waals surface area contributed by atoms with E-state index in [9.17, 15) is 4.79 Å². The predicted molar refractivity (Wildman–Crippen MR) is 69.4 cm³/mol. The molecule has 2 N–H and O–H groups in total. The summed E-state index contributed by atoms with van der Waals surface area (Å²) >= 11 is 0. The number of carbonyl (C=O) groups excluding carboxylic acids is 1.